The molecule has 29 heavy (non-hydrogen) atoms. The normalized spacial score (nSPS) is 22.0. The molecule has 0 bridgehead atoms. The van der Waals surface area contributed by atoms with Crippen molar-refractivity contribution < 1.29 is 23.1 Å². The summed E-state index contributed by atoms with van der Waals surface area (Å²) in [5.41, 5.74) is 4.42. The highest BCUT2D eigenvalue weighted by atomic mass is 32.1. The van der Waals surface area contributed by atoms with E-state index in [0.717, 1.165) is 30.5 Å². The molecule has 0 aliphatic carbocycles. The second-order valence-electron chi connectivity index (χ2n) is 7.22. The lowest BCUT2D eigenvalue weighted by Crippen LogP contribution is -2.45. The first-order chi connectivity index (χ1) is 13.7. The van der Waals surface area contributed by atoms with Crippen molar-refractivity contribution in [2.45, 2.75) is 44.4 Å². The average Bonchev–Trinajstić information content (AvgIpc) is 3.38. The molecule has 1 atom stereocenters. The molecule has 1 N–H and O–H groups in total. The molecule has 1 unspecified atom stereocenters. The fraction of sp³-hybridized carbons (Fsp3) is 0.556. The van der Waals surface area contributed by atoms with Crippen LogP contribution in [0, 0.1) is 6.92 Å². The van der Waals surface area contributed by atoms with E-state index < -0.39 is 12.1 Å². The Hall–Kier alpha value is -2.27. The largest absolute Gasteiger partial charge is 0.490 e. The summed E-state index contributed by atoms with van der Waals surface area (Å²) in [6.45, 7) is 6.38. The first-order valence-electron chi connectivity index (χ1n) is 9.18. The standard InChI is InChI=1S/C16H21N5S.C2HF3O2/c1-13-4-2-5-14(18-13)10-21-8-3-6-16(21)7-9-20(11-16)15-19-17-12-22-15;3-2(4,5)1(6)7/h2,4-5,12H,3,6-11H2,1H3;(H,6,7). The quantitative estimate of drug-likeness (QED) is 0.803. The van der Waals surface area contributed by atoms with Crippen LogP contribution in [0.3, 0.4) is 0 Å². The van der Waals surface area contributed by atoms with Gasteiger partial charge in [-0.05, 0) is 44.9 Å². The summed E-state index contributed by atoms with van der Waals surface area (Å²) in [6, 6.07) is 6.33. The zero-order chi connectivity index (χ0) is 21.1. The molecule has 2 fully saturated rings. The molecule has 4 heterocycles. The fourth-order valence-electron chi connectivity index (χ4n) is 3.91. The van der Waals surface area contributed by atoms with Crippen molar-refractivity contribution in [1.82, 2.24) is 20.1 Å². The molecule has 2 aliphatic rings. The molecule has 2 aromatic rings. The number of halogens is 3. The van der Waals surface area contributed by atoms with Crippen molar-refractivity contribution in [2.75, 3.05) is 24.5 Å². The maximum atomic E-state index is 10.6. The number of likely N-dealkylation sites (tertiary alicyclic amines) is 1. The highest BCUT2D eigenvalue weighted by Gasteiger charge is 2.46. The van der Waals surface area contributed by atoms with Gasteiger partial charge < -0.3 is 10.0 Å². The molecular formula is C18H22F3N5O2S. The third-order valence-corrected chi connectivity index (χ3v) is 5.98. The molecule has 2 aromatic heterocycles. The van der Waals surface area contributed by atoms with Crippen LogP contribution in [0.15, 0.2) is 23.7 Å². The van der Waals surface area contributed by atoms with Gasteiger partial charge in [-0.2, -0.15) is 13.2 Å². The Labute approximate surface area is 170 Å². The molecule has 1 spiro atoms. The lowest BCUT2D eigenvalue weighted by atomic mass is 9.95. The van der Waals surface area contributed by atoms with E-state index in [-0.39, 0.29) is 0 Å². The van der Waals surface area contributed by atoms with Gasteiger partial charge in [0.2, 0.25) is 5.13 Å². The number of carbonyl (C=O) groups is 1. The zero-order valence-corrected chi connectivity index (χ0v) is 16.7. The number of hydrogen-bond donors (Lipinski definition) is 1. The number of aliphatic carboxylic acids is 1. The van der Waals surface area contributed by atoms with Crippen molar-refractivity contribution in [3.05, 3.63) is 35.1 Å². The van der Waals surface area contributed by atoms with Crippen LogP contribution in [0.2, 0.25) is 0 Å². The van der Waals surface area contributed by atoms with Gasteiger partial charge in [0.25, 0.3) is 0 Å². The lowest BCUT2D eigenvalue weighted by molar-refractivity contribution is -0.192. The predicted molar refractivity (Wildman–Crippen MR) is 102 cm³/mol. The number of pyridine rings is 1. The van der Waals surface area contributed by atoms with Crippen molar-refractivity contribution >= 4 is 22.4 Å². The number of anilines is 1. The summed E-state index contributed by atoms with van der Waals surface area (Å²) < 4.78 is 31.7. The zero-order valence-electron chi connectivity index (χ0n) is 15.9. The SMILES string of the molecule is Cc1cccc(CN2CCCC23CCN(c2nncs2)C3)n1.O=C(O)C(F)(F)F. The van der Waals surface area contributed by atoms with Gasteiger partial charge in [-0.1, -0.05) is 17.4 Å². The van der Waals surface area contributed by atoms with E-state index in [0.29, 0.717) is 5.54 Å². The van der Waals surface area contributed by atoms with Crippen LogP contribution < -0.4 is 4.90 Å². The van der Waals surface area contributed by atoms with Crippen molar-refractivity contribution in [3.63, 3.8) is 0 Å². The summed E-state index contributed by atoms with van der Waals surface area (Å²) >= 11 is 1.64. The number of carboxylic acid groups (broad SMARTS) is 1. The molecule has 158 valence electrons. The third-order valence-electron chi connectivity index (χ3n) is 5.23. The van der Waals surface area contributed by atoms with E-state index in [4.69, 9.17) is 9.90 Å². The molecule has 0 aromatic carbocycles. The Morgan fingerprint density at radius 2 is 2.07 bits per heavy atom. The summed E-state index contributed by atoms with van der Waals surface area (Å²) in [5, 5.41) is 16.4. The van der Waals surface area contributed by atoms with E-state index in [9.17, 15) is 13.2 Å². The van der Waals surface area contributed by atoms with Crippen LogP contribution in [0.1, 0.15) is 30.7 Å². The molecule has 0 amide bonds. The summed E-state index contributed by atoms with van der Waals surface area (Å²) in [4.78, 5) is 18.6. The van der Waals surface area contributed by atoms with Crippen molar-refractivity contribution in [2.24, 2.45) is 0 Å². The van der Waals surface area contributed by atoms with Crippen LogP contribution in [-0.2, 0) is 11.3 Å². The summed E-state index contributed by atoms with van der Waals surface area (Å²) in [6.07, 6.45) is -1.29. The molecule has 0 saturated carbocycles. The number of alkyl halides is 3. The Morgan fingerprint density at radius 3 is 2.69 bits per heavy atom. The Kier molecular flexibility index (Phi) is 6.37. The summed E-state index contributed by atoms with van der Waals surface area (Å²) in [7, 11) is 0. The molecular weight excluding hydrogens is 407 g/mol. The maximum absolute atomic E-state index is 10.6. The number of aryl methyl sites for hydroxylation is 1. The highest BCUT2D eigenvalue weighted by molar-refractivity contribution is 7.13. The molecule has 7 nitrogen and oxygen atoms in total. The smallest absolute Gasteiger partial charge is 0.475 e. The lowest BCUT2D eigenvalue weighted by Gasteiger charge is -2.34. The van der Waals surface area contributed by atoms with E-state index in [1.54, 1.807) is 11.3 Å². The number of carboxylic acids is 1. The number of rotatable bonds is 3. The van der Waals surface area contributed by atoms with Gasteiger partial charge in [-0.15, -0.1) is 10.2 Å². The monoisotopic (exact) mass is 429 g/mol. The Balaban J connectivity index is 0.000000298. The van der Waals surface area contributed by atoms with E-state index >= 15 is 0 Å². The van der Waals surface area contributed by atoms with Crippen molar-refractivity contribution in [1.29, 1.82) is 0 Å². The number of nitrogens with zero attached hydrogens (tertiary/aromatic N) is 5. The second-order valence-corrected chi connectivity index (χ2v) is 8.03. The van der Waals surface area contributed by atoms with Crippen LogP contribution in [0.5, 0.6) is 0 Å². The van der Waals surface area contributed by atoms with Crippen molar-refractivity contribution in [3.8, 4) is 0 Å². The van der Waals surface area contributed by atoms with E-state index in [2.05, 4.69) is 50.1 Å². The maximum Gasteiger partial charge on any atom is 0.490 e. The van der Waals surface area contributed by atoms with Gasteiger partial charge in [0.1, 0.15) is 5.51 Å². The van der Waals surface area contributed by atoms with Gasteiger partial charge in [-0.25, -0.2) is 4.79 Å². The van der Waals surface area contributed by atoms with Crippen LogP contribution >= 0.6 is 11.3 Å². The molecule has 2 saturated heterocycles. The number of hydrogen-bond acceptors (Lipinski definition) is 7. The van der Waals surface area contributed by atoms with Gasteiger partial charge in [0, 0.05) is 30.9 Å². The molecule has 4 rings (SSSR count). The minimum absolute atomic E-state index is 0.303. The molecule has 0 radical (unpaired) electrons. The van der Waals surface area contributed by atoms with Gasteiger partial charge in [0.15, 0.2) is 0 Å². The van der Waals surface area contributed by atoms with Crippen LogP contribution in [-0.4, -0.2) is 62.5 Å². The summed E-state index contributed by atoms with van der Waals surface area (Å²) in [5.74, 6) is -2.76. The topological polar surface area (TPSA) is 82.5 Å². The second kappa shape index (κ2) is 8.62. The van der Waals surface area contributed by atoms with Gasteiger partial charge in [-0.3, -0.25) is 9.88 Å². The minimum atomic E-state index is -5.08. The van der Waals surface area contributed by atoms with Crippen LogP contribution in [0.25, 0.3) is 0 Å². The molecule has 11 heteroatoms. The Bertz CT molecular complexity index is 833. The average molecular weight is 429 g/mol. The van der Waals surface area contributed by atoms with Gasteiger partial charge in [0.05, 0.1) is 5.69 Å². The minimum Gasteiger partial charge on any atom is -0.475 e. The first-order valence-corrected chi connectivity index (χ1v) is 10.1. The van der Waals surface area contributed by atoms with E-state index in [1.807, 2.05) is 5.51 Å². The first kappa shape index (κ1) is 21.4. The fourth-order valence-corrected chi connectivity index (χ4v) is 4.50. The third kappa shape index (κ3) is 5.21. The predicted octanol–water partition coefficient (Wildman–Crippen LogP) is 3.12. The van der Waals surface area contributed by atoms with Gasteiger partial charge >= 0.3 is 12.1 Å². The number of aromatic nitrogens is 3. The van der Waals surface area contributed by atoms with Crippen LogP contribution in [0.4, 0.5) is 18.3 Å². The Morgan fingerprint density at radius 1 is 1.31 bits per heavy atom. The highest BCUT2D eigenvalue weighted by Crippen LogP contribution is 2.40. The molecule has 2 aliphatic heterocycles. The van der Waals surface area contributed by atoms with E-state index in [1.165, 1.54) is 31.5 Å².